The largest absolute Gasteiger partial charge is 0.526 e. The van der Waals surface area contributed by atoms with Crippen molar-refractivity contribution in [2.75, 3.05) is 13.1 Å². The van der Waals surface area contributed by atoms with E-state index < -0.39 is 0 Å². The first-order chi connectivity index (χ1) is 8.99. The molecule has 1 heterocycles. The molecule has 0 aliphatic carbocycles. The lowest BCUT2D eigenvalue weighted by atomic mass is 10.1. The van der Waals surface area contributed by atoms with Crippen LogP contribution in [0.25, 0.3) is 9.69 Å². The fourth-order valence-corrected chi connectivity index (χ4v) is 1.89. The van der Waals surface area contributed by atoms with Gasteiger partial charge in [0.15, 0.2) is 0 Å². The monoisotopic (exact) mass is 255 g/mol. The van der Waals surface area contributed by atoms with Crippen molar-refractivity contribution in [1.29, 1.82) is 0 Å². The van der Waals surface area contributed by atoms with Crippen LogP contribution in [0.15, 0.2) is 39.9 Å². The van der Waals surface area contributed by atoms with E-state index in [9.17, 15) is 0 Å². The summed E-state index contributed by atoms with van der Waals surface area (Å²) in [5, 5.41) is 0. The summed E-state index contributed by atoms with van der Waals surface area (Å²) in [5.41, 5.74) is 8.19. The molecular formula is C14H17N5. The van der Waals surface area contributed by atoms with Gasteiger partial charge in [0.25, 0.3) is 0 Å². The number of nitrogens with two attached hydrogens (primary N) is 1. The van der Waals surface area contributed by atoms with E-state index in [0.717, 1.165) is 17.9 Å². The van der Waals surface area contributed by atoms with Gasteiger partial charge < -0.3 is 10.6 Å². The third kappa shape index (κ3) is 3.72. The van der Waals surface area contributed by atoms with Crippen molar-refractivity contribution in [2.24, 2.45) is 10.7 Å². The highest BCUT2D eigenvalue weighted by atomic mass is 15.2. The quantitative estimate of drug-likeness (QED) is 0.478. The third-order valence-corrected chi connectivity index (χ3v) is 2.74. The number of aliphatic imine (C=N–C) groups is 1. The van der Waals surface area contributed by atoms with Crippen molar-refractivity contribution in [3.8, 4) is 0 Å². The van der Waals surface area contributed by atoms with E-state index in [1.54, 1.807) is 6.92 Å². The summed E-state index contributed by atoms with van der Waals surface area (Å²) >= 11 is 0. The highest BCUT2D eigenvalue weighted by Gasteiger charge is 2.18. The molecular weight excluding hydrogens is 238 g/mol. The first-order valence-electron chi connectivity index (χ1n) is 5.89. The molecule has 5 heteroatoms. The van der Waals surface area contributed by atoms with Gasteiger partial charge in [0.2, 0.25) is 0 Å². The second-order valence-electron chi connectivity index (χ2n) is 4.25. The molecule has 5 nitrogen and oxygen atoms in total. The van der Waals surface area contributed by atoms with Crippen LogP contribution < -0.4 is 5.73 Å². The van der Waals surface area contributed by atoms with Crippen molar-refractivity contribution < 1.29 is 0 Å². The molecule has 98 valence electrons. The number of allylic oxidation sites excluding steroid dienone is 5. The smallest absolute Gasteiger partial charge is 0.388 e. The maximum absolute atomic E-state index is 6.99. The van der Waals surface area contributed by atoms with E-state index in [4.69, 9.17) is 18.9 Å². The number of hydrogen-bond donors (Lipinski definition) is 1. The average molecular weight is 255 g/mol. The molecule has 0 aromatic heterocycles. The molecule has 0 spiro atoms. The van der Waals surface area contributed by atoms with Crippen molar-refractivity contribution in [1.82, 2.24) is 4.90 Å². The maximum atomic E-state index is 6.99. The Labute approximate surface area is 114 Å². The zero-order chi connectivity index (χ0) is 14.4. The summed E-state index contributed by atoms with van der Waals surface area (Å²) in [6.45, 7) is 21.0. The Hall–Kier alpha value is -2.53. The fourth-order valence-electron chi connectivity index (χ4n) is 1.89. The number of nitrogens with zero attached hydrogens (tertiary/aromatic N) is 4. The van der Waals surface area contributed by atoms with Gasteiger partial charge in [-0.1, -0.05) is 0 Å². The first kappa shape index (κ1) is 14.5. The van der Waals surface area contributed by atoms with E-state index in [0.29, 0.717) is 18.0 Å². The van der Waals surface area contributed by atoms with Gasteiger partial charge in [-0.15, -0.1) is 0 Å². The SMILES string of the molecule is [C-]#[N+]C([N+]#[C-])=C1C=C(C)N(CCN=C(C)N)C(C)=C1. The predicted molar refractivity (Wildman–Crippen MR) is 76.6 cm³/mol. The average Bonchev–Trinajstić information content (AvgIpc) is 2.34. The second-order valence-corrected chi connectivity index (χ2v) is 4.25. The molecule has 0 saturated heterocycles. The van der Waals surface area contributed by atoms with E-state index >= 15 is 0 Å². The van der Waals surface area contributed by atoms with E-state index in [1.165, 1.54) is 0 Å². The lowest BCUT2D eigenvalue weighted by Crippen LogP contribution is -2.25. The highest BCUT2D eigenvalue weighted by Crippen LogP contribution is 2.25. The molecule has 0 fully saturated rings. The minimum absolute atomic E-state index is 0.106. The number of hydrogen-bond acceptors (Lipinski definition) is 2. The van der Waals surface area contributed by atoms with Crippen LogP contribution >= 0.6 is 0 Å². The number of rotatable bonds is 3. The van der Waals surface area contributed by atoms with Crippen molar-refractivity contribution in [3.05, 3.63) is 57.8 Å². The van der Waals surface area contributed by atoms with E-state index in [2.05, 4.69) is 19.6 Å². The van der Waals surface area contributed by atoms with Crippen molar-refractivity contribution >= 4 is 5.84 Å². The Bertz CT molecular complexity index is 522. The molecule has 0 amide bonds. The fraction of sp³-hybridized carbons (Fsp3) is 0.357. The Kier molecular flexibility index (Phi) is 4.91. The molecule has 0 bridgehead atoms. The summed E-state index contributed by atoms with van der Waals surface area (Å²) < 4.78 is 0. The van der Waals surface area contributed by atoms with Gasteiger partial charge >= 0.3 is 5.82 Å². The molecule has 1 rings (SSSR count). The zero-order valence-electron chi connectivity index (χ0n) is 11.4. The van der Waals surface area contributed by atoms with Crippen LogP contribution in [0.4, 0.5) is 0 Å². The Morgan fingerprint density at radius 2 is 1.79 bits per heavy atom. The van der Waals surface area contributed by atoms with Crippen LogP contribution in [0.5, 0.6) is 0 Å². The summed E-state index contributed by atoms with van der Waals surface area (Å²) in [7, 11) is 0. The predicted octanol–water partition coefficient (Wildman–Crippen LogP) is 2.54. The Balaban J connectivity index is 2.95. The molecule has 0 radical (unpaired) electrons. The molecule has 1 aliphatic heterocycles. The van der Waals surface area contributed by atoms with Gasteiger partial charge in [-0.25, -0.2) is 0 Å². The normalized spacial score (nSPS) is 15.3. The summed E-state index contributed by atoms with van der Waals surface area (Å²) in [6.07, 6.45) is 3.72. The summed E-state index contributed by atoms with van der Waals surface area (Å²) in [4.78, 5) is 12.7. The minimum atomic E-state index is 0.106. The maximum Gasteiger partial charge on any atom is 0.526 e. The zero-order valence-corrected chi connectivity index (χ0v) is 11.4. The molecule has 0 aromatic carbocycles. The van der Waals surface area contributed by atoms with Gasteiger partial charge in [0.05, 0.1) is 18.0 Å². The summed E-state index contributed by atoms with van der Waals surface area (Å²) in [5.74, 6) is 0.679. The third-order valence-electron chi connectivity index (χ3n) is 2.74. The van der Waals surface area contributed by atoms with Gasteiger partial charge in [-0.2, -0.15) is 9.69 Å². The van der Waals surface area contributed by atoms with Crippen LogP contribution in [0.3, 0.4) is 0 Å². The molecule has 0 unspecified atom stereocenters. The number of amidine groups is 1. The standard InChI is InChI=1S/C14H17N5/c1-10-8-13(14(16-4)17-5)9-11(2)19(10)7-6-18-12(3)15/h8-9H,6-7H2,1-3H3,(H2,15,18). The van der Waals surface area contributed by atoms with Gasteiger partial charge in [-0.3, -0.25) is 4.99 Å². The first-order valence-corrected chi connectivity index (χ1v) is 5.89. The molecule has 1 aliphatic rings. The Morgan fingerprint density at radius 3 is 2.21 bits per heavy atom. The van der Waals surface area contributed by atoms with Crippen molar-refractivity contribution in [2.45, 2.75) is 20.8 Å². The molecule has 0 atom stereocenters. The van der Waals surface area contributed by atoms with Crippen molar-refractivity contribution in [3.63, 3.8) is 0 Å². The molecule has 0 saturated carbocycles. The van der Waals surface area contributed by atoms with Crippen LogP contribution in [-0.2, 0) is 0 Å². The Morgan fingerprint density at radius 1 is 1.26 bits per heavy atom. The lowest BCUT2D eigenvalue weighted by molar-refractivity contribution is 0.434. The highest BCUT2D eigenvalue weighted by molar-refractivity contribution is 5.77. The van der Waals surface area contributed by atoms with Gasteiger partial charge in [-0.05, 0) is 32.9 Å². The molecule has 0 aromatic rings. The van der Waals surface area contributed by atoms with E-state index in [-0.39, 0.29) is 5.82 Å². The van der Waals surface area contributed by atoms with Crippen LogP contribution in [0.1, 0.15) is 20.8 Å². The molecule has 19 heavy (non-hydrogen) atoms. The topological polar surface area (TPSA) is 50.3 Å². The second kappa shape index (κ2) is 6.42. The minimum Gasteiger partial charge on any atom is -0.388 e. The summed E-state index contributed by atoms with van der Waals surface area (Å²) in [6, 6.07) is 0. The lowest BCUT2D eigenvalue weighted by Gasteiger charge is -2.28. The van der Waals surface area contributed by atoms with Crippen LogP contribution in [-0.4, -0.2) is 23.8 Å². The van der Waals surface area contributed by atoms with Gasteiger partial charge in [0, 0.05) is 17.9 Å². The van der Waals surface area contributed by atoms with Crippen LogP contribution in [0, 0.1) is 13.1 Å². The van der Waals surface area contributed by atoms with E-state index in [1.807, 2.05) is 26.0 Å². The molecule has 2 N–H and O–H groups in total. The van der Waals surface area contributed by atoms with Gasteiger partial charge in [0.1, 0.15) is 13.1 Å². The van der Waals surface area contributed by atoms with Crippen LogP contribution in [0.2, 0.25) is 0 Å².